The molecule has 0 aromatic heterocycles. The van der Waals surface area contributed by atoms with Crippen molar-refractivity contribution in [3.63, 3.8) is 0 Å². The minimum atomic E-state index is -1.09. The normalized spacial score (nSPS) is 38.1. The largest absolute Gasteiger partial charge is 0.496 e. The van der Waals surface area contributed by atoms with E-state index in [2.05, 4.69) is 46.9 Å². The quantitative estimate of drug-likeness (QED) is 0.146. The number of carbonyl (C=O) groups excluding carboxylic acids is 3. The monoisotopic (exact) mass is 737 g/mol. The van der Waals surface area contributed by atoms with Crippen molar-refractivity contribution >= 4 is 25.0 Å². The number of rotatable bonds is 12. The van der Waals surface area contributed by atoms with Gasteiger partial charge in [0.1, 0.15) is 11.3 Å². The molecule has 1 N–H and O–H groups in total. The first-order chi connectivity index (χ1) is 24.7. The van der Waals surface area contributed by atoms with Crippen LogP contribution in [0.5, 0.6) is 5.75 Å². The molecule has 0 spiro atoms. The molecule has 2 heterocycles. The number of hydrogen-bond donors (Lipinski definition) is 1. The smallest absolute Gasteiger partial charge is 0.482 e. The van der Waals surface area contributed by atoms with Gasteiger partial charge in [0, 0.05) is 19.8 Å². The van der Waals surface area contributed by atoms with Crippen molar-refractivity contribution < 1.29 is 47.4 Å². The first-order valence-electron chi connectivity index (χ1n) is 19.8. The highest BCUT2D eigenvalue weighted by Gasteiger charge is 2.70. The summed E-state index contributed by atoms with van der Waals surface area (Å²) in [7, 11) is 0.773. The lowest BCUT2D eigenvalue weighted by Gasteiger charge is -2.64. The maximum absolute atomic E-state index is 13.9. The van der Waals surface area contributed by atoms with E-state index in [-0.39, 0.29) is 58.9 Å². The van der Waals surface area contributed by atoms with Crippen molar-refractivity contribution in [3.8, 4) is 5.75 Å². The SMILES string of the molecule is COc1c(CC(NC(=O)CCC2(C)OC3CC4CC(C4(C)C)C3(C)O2)B2OC3CC4CC(C4(C)C)C3(C)O2)cccc1C(=O)OC(C)OC(=O)C(C)C. The molecule has 1 aromatic rings. The zero-order valence-corrected chi connectivity index (χ0v) is 33.5. The molecular weight excluding hydrogens is 677 g/mol. The molecule has 53 heavy (non-hydrogen) atoms. The van der Waals surface area contributed by atoms with Gasteiger partial charge in [-0.2, -0.15) is 0 Å². The van der Waals surface area contributed by atoms with Gasteiger partial charge in [-0.25, -0.2) is 4.79 Å². The van der Waals surface area contributed by atoms with Crippen LogP contribution in [-0.2, 0) is 44.3 Å². The van der Waals surface area contributed by atoms with Gasteiger partial charge in [-0.1, -0.05) is 53.7 Å². The van der Waals surface area contributed by atoms with Crippen LogP contribution in [0.4, 0.5) is 0 Å². The number of ether oxygens (including phenoxy) is 5. The van der Waals surface area contributed by atoms with Crippen molar-refractivity contribution in [2.45, 2.75) is 156 Å². The average molecular weight is 738 g/mol. The summed E-state index contributed by atoms with van der Waals surface area (Å²) in [6.45, 7) is 20.5. The van der Waals surface area contributed by atoms with Gasteiger partial charge in [0.2, 0.25) is 12.2 Å². The lowest BCUT2D eigenvalue weighted by atomic mass is 9.43. The molecule has 6 aliphatic carbocycles. The van der Waals surface area contributed by atoms with E-state index >= 15 is 0 Å². The maximum atomic E-state index is 13.9. The third kappa shape index (κ3) is 6.41. The highest BCUT2D eigenvalue weighted by molar-refractivity contribution is 6.48. The van der Waals surface area contributed by atoms with E-state index in [4.69, 9.17) is 33.0 Å². The summed E-state index contributed by atoms with van der Waals surface area (Å²) in [4.78, 5) is 39.4. The molecule has 11 atom stereocenters. The van der Waals surface area contributed by atoms with Crippen LogP contribution in [0, 0.1) is 40.4 Å². The Morgan fingerprint density at radius 2 is 1.53 bits per heavy atom. The van der Waals surface area contributed by atoms with Gasteiger partial charge in [0.05, 0.1) is 42.4 Å². The van der Waals surface area contributed by atoms with E-state index in [0.29, 0.717) is 41.4 Å². The van der Waals surface area contributed by atoms with Crippen LogP contribution in [0.25, 0.3) is 0 Å². The topological polar surface area (TPSA) is 128 Å². The predicted octanol–water partition coefficient (Wildman–Crippen LogP) is 6.43. The lowest BCUT2D eigenvalue weighted by molar-refractivity contribution is -0.226. The zero-order valence-electron chi connectivity index (χ0n) is 33.5. The molecule has 8 fully saturated rings. The third-order valence-corrected chi connectivity index (χ3v) is 14.6. The molecule has 11 unspecified atom stereocenters. The average Bonchev–Trinajstić information content (AvgIpc) is 3.59. The summed E-state index contributed by atoms with van der Waals surface area (Å²) >= 11 is 0. The molecule has 2 aliphatic heterocycles. The fourth-order valence-electron chi connectivity index (χ4n) is 11.1. The minimum Gasteiger partial charge on any atom is -0.496 e. The molecular formula is C41H60BNO10. The molecule has 9 rings (SSSR count). The highest BCUT2D eigenvalue weighted by atomic mass is 16.8. The lowest BCUT2D eigenvalue weighted by Crippen LogP contribution is -2.65. The second-order valence-corrected chi connectivity index (χ2v) is 18.8. The van der Waals surface area contributed by atoms with Gasteiger partial charge in [-0.3, -0.25) is 9.59 Å². The highest BCUT2D eigenvalue weighted by Crippen LogP contribution is 2.68. The molecule has 0 radical (unpaired) electrons. The summed E-state index contributed by atoms with van der Waals surface area (Å²) in [5, 5.41) is 3.26. The van der Waals surface area contributed by atoms with Crippen LogP contribution in [0.3, 0.4) is 0 Å². The van der Waals surface area contributed by atoms with Crippen molar-refractivity contribution in [1.29, 1.82) is 0 Å². The number of para-hydroxylation sites is 1. The van der Waals surface area contributed by atoms with Crippen LogP contribution in [0.1, 0.15) is 124 Å². The van der Waals surface area contributed by atoms with Gasteiger partial charge < -0.3 is 38.3 Å². The number of amides is 1. The Hall–Kier alpha value is -2.67. The number of nitrogens with one attached hydrogen (secondary N) is 1. The standard InChI is InChI=1S/C41H60BNO10/c1-22(2)35(45)48-23(3)49-36(46)27-14-12-13-24(34(27)47-11)17-32(42-51-31-21-26-19-29(38(26,6)7)41(31,10)53-42)43-33(44)15-16-39(8)50-30-20-25-18-28(37(25,4)5)40(30,9)52-39/h12-14,22-23,25-26,28-32H,15-21H2,1-11H3,(H,43,44). The van der Waals surface area contributed by atoms with Gasteiger partial charge in [0.25, 0.3) is 0 Å². The van der Waals surface area contributed by atoms with Crippen LogP contribution >= 0.6 is 0 Å². The Morgan fingerprint density at radius 1 is 0.887 bits per heavy atom. The Morgan fingerprint density at radius 3 is 2.15 bits per heavy atom. The van der Waals surface area contributed by atoms with Crippen molar-refractivity contribution in [3.05, 3.63) is 29.3 Å². The molecule has 292 valence electrons. The Bertz CT molecular complexity index is 1630. The van der Waals surface area contributed by atoms with Crippen LogP contribution in [0.15, 0.2) is 18.2 Å². The number of carbonyl (C=O) groups is 3. The molecule has 12 heteroatoms. The first kappa shape index (κ1) is 38.6. The molecule has 6 saturated carbocycles. The van der Waals surface area contributed by atoms with Crippen molar-refractivity contribution in [2.24, 2.45) is 40.4 Å². The van der Waals surface area contributed by atoms with E-state index in [1.165, 1.54) is 14.0 Å². The van der Waals surface area contributed by atoms with Crippen molar-refractivity contribution in [2.75, 3.05) is 7.11 Å². The predicted molar refractivity (Wildman–Crippen MR) is 197 cm³/mol. The second kappa shape index (κ2) is 13.2. The van der Waals surface area contributed by atoms with Gasteiger partial charge in [0.15, 0.2) is 5.79 Å². The number of benzene rings is 1. The summed E-state index contributed by atoms with van der Waals surface area (Å²) in [6.07, 6.45) is 3.87. The van der Waals surface area contributed by atoms with Crippen LogP contribution in [0.2, 0.25) is 0 Å². The number of esters is 2. The summed E-state index contributed by atoms with van der Waals surface area (Å²) < 4.78 is 43.5. The van der Waals surface area contributed by atoms with E-state index < -0.39 is 42.7 Å². The van der Waals surface area contributed by atoms with Crippen LogP contribution < -0.4 is 10.1 Å². The third-order valence-electron chi connectivity index (χ3n) is 14.6. The second-order valence-electron chi connectivity index (χ2n) is 18.8. The molecule has 4 bridgehead atoms. The van der Waals surface area contributed by atoms with E-state index in [1.807, 2.05) is 13.0 Å². The summed E-state index contributed by atoms with van der Waals surface area (Å²) in [5.41, 5.74) is 0.380. The maximum Gasteiger partial charge on any atom is 0.482 e. The van der Waals surface area contributed by atoms with Gasteiger partial charge >= 0.3 is 19.1 Å². The van der Waals surface area contributed by atoms with E-state index in [9.17, 15) is 14.4 Å². The number of methoxy groups -OCH3 is 1. The van der Waals surface area contributed by atoms with E-state index in [0.717, 1.165) is 25.7 Å². The zero-order chi connectivity index (χ0) is 38.5. The fourth-order valence-corrected chi connectivity index (χ4v) is 11.1. The Balaban J connectivity index is 1.08. The van der Waals surface area contributed by atoms with Crippen molar-refractivity contribution in [1.82, 2.24) is 5.32 Å². The molecule has 1 aromatic carbocycles. The fraction of sp³-hybridized carbons (Fsp3) is 0.780. The Labute approximate surface area is 315 Å². The molecule has 8 aliphatic rings. The van der Waals surface area contributed by atoms with Gasteiger partial charge in [-0.05, 0) is 99.0 Å². The van der Waals surface area contributed by atoms with Gasteiger partial charge in [-0.15, -0.1) is 0 Å². The minimum absolute atomic E-state index is 0.0247. The molecule has 1 amide bonds. The summed E-state index contributed by atoms with van der Waals surface area (Å²) in [5.74, 6) is -0.868. The van der Waals surface area contributed by atoms with E-state index in [1.54, 1.807) is 26.0 Å². The summed E-state index contributed by atoms with van der Waals surface area (Å²) in [6, 6.07) is 5.21. The number of hydrogen-bond acceptors (Lipinski definition) is 10. The molecule has 11 nitrogen and oxygen atoms in total. The first-order valence-corrected chi connectivity index (χ1v) is 19.8. The molecule has 2 saturated heterocycles. The Kier molecular flexibility index (Phi) is 9.64. The van der Waals surface area contributed by atoms with Crippen LogP contribution in [-0.4, -0.2) is 73.5 Å².